The van der Waals surface area contributed by atoms with Gasteiger partial charge in [0.15, 0.2) is 0 Å². The second kappa shape index (κ2) is 7.74. The van der Waals surface area contributed by atoms with Gasteiger partial charge in [0.25, 0.3) is 0 Å². The van der Waals surface area contributed by atoms with Gasteiger partial charge in [-0.3, -0.25) is 0 Å². The molecule has 3 saturated carbocycles. The zero-order valence-electron chi connectivity index (χ0n) is 19.8. The Morgan fingerprint density at radius 3 is 2.47 bits per heavy atom. The van der Waals surface area contributed by atoms with Gasteiger partial charge in [0, 0.05) is 0 Å². The Labute approximate surface area is 183 Å². The molecule has 4 aliphatic carbocycles. The van der Waals surface area contributed by atoms with Crippen LogP contribution in [-0.4, -0.2) is 33.1 Å². The van der Waals surface area contributed by atoms with Gasteiger partial charge in [0.1, 0.15) is 0 Å². The third-order valence-corrected chi connectivity index (χ3v) is 10.0. The van der Waals surface area contributed by atoms with E-state index < -0.39 is 11.7 Å². The lowest BCUT2D eigenvalue weighted by Gasteiger charge is -2.55. The highest BCUT2D eigenvalue weighted by Crippen LogP contribution is 2.66. The van der Waals surface area contributed by atoms with Crippen LogP contribution in [0.1, 0.15) is 92.4 Å². The molecule has 0 aliphatic heterocycles. The van der Waals surface area contributed by atoms with E-state index in [-0.39, 0.29) is 11.5 Å². The van der Waals surface area contributed by atoms with Crippen molar-refractivity contribution in [3.63, 3.8) is 0 Å². The van der Waals surface area contributed by atoms with E-state index in [0.29, 0.717) is 35.5 Å². The van der Waals surface area contributed by atoms with Crippen molar-refractivity contribution in [2.45, 2.75) is 110 Å². The maximum atomic E-state index is 10.3. The summed E-state index contributed by atoms with van der Waals surface area (Å²) in [7, 11) is 0. The SMILES string of the molecule is C[C@H](CC[C@@H](O)C(C)(C)O)[C@H]1CC[C@H]2C3=CC=C4C[C@@H](O)CC[C@@]4(C)[C@H]3CC[C@]12C. The smallest absolute Gasteiger partial charge is 0.0849 e. The minimum Gasteiger partial charge on any atom is -0.393 e. The molecule has 0 unspecified atom stereocenters. The highest BCUT2D eigenvalue weighted by atomic mass is 16.3. The number of fused-ring (bicyclic) bond motifs is 5. The predicted molar refractivity (Wildman–Crippen MR) is 122 cm³/mol. The predicted octanol–water partition coefficient (Wildman–Crippen LogP) is 5.39. The average Bonchev–Trinajstić information content (AvgIpc) is 3.03. The van der Waals surface area contributed by atoms with E-state index in [2.05, 4.69) is 32.9 Å². The van der Waals surface area contributed by atoms with Crippen molar-refractivity contribution >= 4 is 0 Å². The number of allylic oxidation sites excluding steroid dienone is 3. The van der Waals surface area contributed by atoms with E-state index in [0.717, 1.165) is 25.7 Å². The fourth-order valence-corrected chi connectivity index (χ4v) is 7.93. The molecule has 3 heteroatoms. The fourth-order valence-electron chi connectivity index (χ4n) is 7.93. The zero-order valence-corrected chi connectivity index (χ0v) is 19.8. The molecular weight excluding hydrogens is 372 g/mol. The summed E-state index contributed by atoms with van der Waals surface area (Å²) < 4.78 is 0. The molecule has 0 heterocycles. The summed E-state index contributed by atoms with van der Waals surface area (Å²) in [6.45, 7) is 10.8. The molecule has 0 spiro atoms. The highest BCUT2D eigenvalue weighted by Gasteiger charge is 2.56. The fraction of sp³-hybridized carbons (Fsp3) is 0.852. The lowest BCUT2D eigenvalue weighted by molar-refractivity contribution is -0.0557. The molecule has 0 aromatic carbocycles. The summed E-state index contributed by atoms with van der Waals surface area (Å²) in [5, 5.41) is 30.6. The number of hydrogen-bond acceptors (Lipinski definition) is 3. The Morgan fingerprint density at radius 1 is 1.03 bits per heavy atom. The quantitative estimate of drug-likeness (QED) is 0.563. The molecule has 3 fully saturated rings. The van der Waals surface area contributed by atoms with E-state index in [1.807, 2.05) is 0 Å². The second-order valence-corrected chi connectivity index (χ2v) is 12.2. The lowest BCUT2D eigenvalue weighted by Crippen LogP contribution is -2.46. The lowest BCUT2D eigenvalue weighted by atomic mass is 9.50. The Morgan fingerprint density at radius 2 is 1.77 bits per heavy atom. The highest BCUT2D eigenvalue weighted by molar-refractivity contribution is 5.38. The maximum absolute atomic E-state index is 10.3. The van der Waals surface area contributed by atoms with Crippen LogP contribution < -0.4 is 0 Å². The largest absolute Gasteiger partial charge is 0.393 e. The summed E-state index contributed by atoms with van der Waals surface area (Å²) in [6.07, 6.45) is 13.8. The van der Waals surface area contributed by atoms with Crippen LogP contribution in [0.25, 0.3) is 0 Å². The van der Waals surface area contributed by atoms with Gasteiger partial charge in [-0.2, -0.15) is 0 Å². The van der Waals surface area contributed by atoms with E-state index >= 15 is 0 Å². The Hall–Kier alpha value is -0.640. The average molecular weight is 417 g/mol. The molecule has 4 rings (SSSR count). The molecule has 30 heavy (non-hydrogen) atoms. The van der Waals surface area contributed by atoms with E-state index in [1.165, 1.54) is 31.3 Å². The number of hydrogen-bond donors (Lipinski definition) is 3. The molecule has 0 aromatic heterocycles. The standard InChI is InChI=1S/C27H44O3/c1-17(6-11-24(29)25(2,3)30)21-9-10-22-20-8-7-18-16-19(28)12-14-26(18,4)23(20)13-15-27(21,22)5/h7-8,17,19,21-24,28-30H,6,9-16H2,1-5H3/t17-,19+,21-,22+,23+,24-,26-,27-/m1/s1. The minimum atomic E-state index is -1.01. The van der Waals surface area contributed by atoms with Crippen molar-refractivity contribution < 1.29 is 15.3 Å². The van der Waals surface area contributed by atoms with Crippen LogP contribution in [0.5, 0.6) is 0 Å². The summed E-state index contributed by atoms with van der Waals surface area (Å²) >= 11 is 0. The Kier molecular flexibility index (Phi) is 5.82. The van der Waals surface area contributed by atoms with Crippen LogP contribution in [0.2, 0.25) is 0 Å². The Bertz CT molecular complexity index is 716. The van der Waals surface area contributed by atoms with Crippen molar-refractivity contribution in [2.75, 3.05) is 0 Å². The molecular formula is C27H44O3. The van der Waals surface area contributed by atoms with Gasteiger partial charge in [-0.1, -0.05) is 44.1 Å². The van der Waals surface area contributed by atoms with Crippen molar-refractivity contribution in [3.8, 4) is 0 Å². The van der Waals surface area contributed by atoms with Gasteiger partial charge in [-0.25, -0.2) is 0 Å². The summed E-state index contributed by atoms with van der Waals surface area (Å²) in [5.74, 6) is 2.62. The normalized spacial score (nSPS) is 43.1. The summed E-state index contributed by atoms with van der Waals surface area (Å²) in [5.41, 5.74) is 2.79. The molecule has 0 aromatic rings. The van der Waals surface area contributed by atoms with Crippen LogP contribution in [0, 0.1) is 34.5 Å². The molecule has 3 nitrogen and oxygen atoms in total. The first-order valence-corrected chi connectivity index (χ1v) is 12.5. The maximum Gasteiger partial charge on any atom is 0.0849 e. The van der Waals surface area contributed by atoms with Crippen molar-refractivity contribution in [1.82, 2.24) is 0 Å². The van der Waals surface area contributed by atoms with Gasteiger partial charge < -0.3 is 15.3 Å². The van der Waals surface area contributed by atoms with Gasteiger partial charge in [-0.15, -0.1) is 0 Å². The first-order chi connectivity index (χ1) is 14.0. The van der Waals surface area contributed by atoms with Crippen LogP contribution >= 0.6 is 0 Å². The molecule has 0 amide bonds. The third-order valence-electron chi connectivity index (χ3n) is 10.0. The Balaban J connectivity index is 1.51. The molecule has 3 N–H and O–H groups in total. The van der Waals surface area contributed by atoms with Crippen LogP contribution in [-0.2, 0) is 0 Å². The molecule has 170 valence electrons. The topological polar surface area (TPSA) is 60.7 Å². The number of aliphatic hydroxyl groups is 3. The van der Waals surface area contributed by atoms with Gasteiger partial charge in [0.05, 0.1) is 17.8 Å². The molecule has 8 atom stereocenters. The summed E-state index contributed by atoms with van der Waals surface area (Å²) in [4.78, 5) is 0. The van der Waals surface area contributed by atoms with Crippen molar-refractivity contribution in [1.29, 1.82) is 0 Å². The molecule has 0 radical (unpaired) electrons. The number of aliphatic hydroxyl groups excluding tert-OH is 2. The van der Waals surface area contributed by atoms with Gasteiger partial charge in [0.2, 0.25) is 0 Å². The molecule has 4 aliphatic rings. The number of rotatable bonds is 5. The minimum absolute atomic E-state index is 0.149. The first kappa shape index (κ1) is 22.6. The van der Waals surface area contributed by atoms with Gasteiger partial charge >= 0.3 is 0 Å². The monoisotopic (exact) mass is 416 g/mol. The second-order valence-electron chi connectivity index (χ2n) is 12.2. The van der Waals surface area contributed by atoms with Gasteiger partial charge in [-0.05, 0) is 106 Å². The third kappa shape index (κ3) is 3.63. The first-order valence-electron chi connectivity index (χ1n) is 12.5. The molecule has 0 saturated heterocycles. The zero-order chi connectivity index (χ0) is 21.9. The summed E-state index contributed by atoms with van der Waals surface area (Å²) in [6, 6.07) is 0. The van der Waals surface area contributed by atoms with E-state index in [4.69, 9.17) is 0 Å². The van der Waals surface area contributed by atoms with Crippen LogP contribution in [0.4, 0.5) is 0 Å². The van der Waals surface area contributed by atoms with E-state index in [1.54, 1.807) is 19.4 Å². The van der Waals surface area contributed by atoms with Crippen LogP contribution in [0.3, 0.4) is 0 Å². The van der Waals surface area contributed by atoms with Crippen molar-refractivity contribution in [2.24, 2.45) is 34.5 Å². The van der Waals surface area contributed by atoms with Crippen LogP contribution in [0.15, 0.2) is 23.3 Å². The molecule has 0 bridgehead atoms. The van der Waals surface area contributed by atoms with E-state index in [9.17, 15) is 15.3 Å². The van der Waals surface area contributed by atoms with Crippen molar-refractivity contribution in [3.05, 3.63) is 23.3 Å².